The number of fused-ring (bicyclic) bond motifs is 3. The van der Waals surface area contributed by atoms with Crippen molar-refractivity contribution in [3.63, 3.8) is 0 Å². The van der Waals surface area contributed by atoms with E-state index in [1.54, 1.807) is 27.4 Å². The molecule has 0 spiro atoms. The molecule has 0 radical (unpaired) electrons. The van der Waals surface area contributed by atoms with Gasteiger partial charge in [-0.3, -0.25) is 6.08 Å². The minimum atomic E-state index is 0. The number of allylic oxidation sites excluding steroid dienone is 4. The molecule has 0 saturated heterocycles. The van der Waals surface area contributed by atoms with Gasteiger partial charge in [-0.15, -0.1) is 46.2 Å². The van der Waals surface area contributed by atoms with Gasteiger partial charge < -0.3 is 34.0 Å². The third-order valence-corrected chi connectivity index (χ3v) is 6.75. The Bertz CT molecular complexity index is 1020. The van der Waals surface area contributed by atoms with Crippen LogP contribution in [-0.4, -0.2) is 3.21 Å². The molecule has 2 aliphatic carbocycles. The average Bonchev–Trinajstić information content (AvgIpc) is 3.15. The van der Waals surface area contributed by atoms with Crippen molar-refractivity contribution in [2.24, 2.45) is 0 Å². The van der Waals surface area contributed by atoms with Crippen LogP contribution in [0.25, 0.3) is 21.5 Å². The Morgan fingerprint density at radius 3 is 1.47 bits per heavy atom. The minimum absolute atomic E-state index is 0. The molecule has 2 aliphatic rings. The molecular weight excluding hydrogens is 599 g/mol. The van der Waals surface area contributed by atoms with Gasteiger partial charge in [0.25, 0.3) is 0 Å². The molecule has 1 saturated carbocycles. The van der Waals surface area contributed by atoms with Gasteiger partial charge in [-0.1, -0.05) is 76.9 Å². The van der Waals surface area contributed by atoms with Gasteiger partial charge >= 0.3 is 40.3 Å². The fourth-order valence-electron chi connectivity index (χ4n) is 3.33. The summed E-state index contributed by atoms with van der Waals surface area (Å²) in [6.07, 6.45) is 12.9. The SMILES string of the molecule is CC(C)(C)c1ccc2[cH-]c3ccc(C(C)(C)C)cc3c2c1.[Br-].[Br-].[C-]1=CC=CC1.[Zr+2]=[C]1CC1. The van der Waals surface area contributed by atoms with E-state index in [1.165, 1.54) is 45.5 Å². The Labute approximate surface area is 230 Å². The van der Waals surface area contributed by atoms with Gasteiger partial charge in [0.1, 0.15) is 0 Å². The summed E-state index contributed by atoms with van der Waals surface area (Å²) in [6.45, 7) is 13.7. The van der Waals surface area contributed by atoms with Crippen LogP contribution < -0.4 is 34.0 Å². The molecular formula is C29H34Br2Zr-2. The monoisotopic (exact) mass is 630 g/mol. The zero-order valence-corrected chi connectivity index (χ0v) is 25.8. The van der Waals surface area contributed by atoms with Crippen LogP contribution in [0.15, 0.2) is 60.7 Å². The molecule has 0 heterocycles. The number of rotatable bonds is 0. The van der Waals surface area contributed by atoms with Crippen molar-refractivity contribution >= 4 is 24.8 Å². The van der Waals surface area contributed by atoms with E-state index in [-0.39, 0.29) is 44.8 Å². The first-order valence-electron chi connectivity index (χ1n) is 11.0. The van der Waals surface area contributed by atoms with Crippen LogP contribution in [0.3, 0.4) is 0 Å². The Kier molecular flexibility index (Phi) is 11.3. The van der Waals surface area contributed by atoms with Crippen molar-refractivity contribution < 1.29 is 58.2 Å². The molecule has 170 valence electrons. The molecule has 0 aliphatic heterocycles. The molecule has 3 aromatic rings. The average molecular weight is 634 g/mol. The zero-order chi connectivity index (χ0) is 21.9. The maximum atomic E-state index is 2.99. The molecule has 0 aromatic heterocycles. The topological polar surface area (TPSA) is 0 Å². The number of hydrogen-bond acceptors (Lipinski definition) is 0. The van der Waals surface area contributed by atoms with Crippen molar-refractivity contribution in [3.05, 3.63) is 77.9 Å². The van der Waals surface area contributed by atoms with Crippen molar-refractivity contribution in [1.29, 1.82) is 0 Å². The summed E-state index contributed by atoms with van der Waals surface area (Å²) in [5, 5.41) is 5.49. The van der Waals surface area contributed by atoms with Gasteiger partial charge in [-0.05, 0) is 10.8 Å². The summed E-state index contributed by atoms with van der Waals surface area (Å²) < 4.78 is 1.76. The molecule has 0 nitrogen and oxygen atoms in total. The van der Waals surface area contributed by atoms with Gasteiger partial charge in [0.2, 0.25) is 0 Å². The Morgan fingerprint density at radius 1 is 0.781 bits per heavy atom. The first-order valence-corrected chi connectivity index (χ1v) is 12.2. The quantitative estimate of drug-likeness (QED) is 0.333. The van der Waals surface area contributed by atoms with E-state index in [0.717, 1.165) is 6.42 Å². The Morgan fingerprint density at radius 2 is 1.22 bits per heavy atom. The van der Waals surface area contributed by atoms with E-state index in [9.17, 15) is 0 Å². The summed E-state index contributed by atoms with van der Waals surface area (Å²) in [4.78, 5) is 0. The van der Waals surface area contributed by atoms with Crippen molar-refractivity contribution in [3.8, 4) is 0 Å². The van der Waals surface area contributed by atoms with Crippen molar-refractivity contribution in [2.45, 2.75) is 71.6 Å². The van der Waals surface area contributed by atoms with Crippen molar-refractivity contribution in [2.75, 3.05) is 0 Å². The second kappa shape index (κ2) is 12.3. The Hall–Kier alpha value is -0.497. The second-order valence-electron chi connectivity index (χ2n) is 10.4. The normalized spacial score (nSPS) is 14.2. The standard InChI is InChI=1S/C21H25.C5H5.C3H4.2BrH.Zr/c1-20(2,3)16-9-7-14-11-15-8-10-17(21(4,5)6)13-19(15)18(14)12-16;1-2-4-5-3-1;1-2-3-1;;;/h7-13H,1-6H3;1-3H,4H2;1-2H2;2*1H;/q2*-1;;;;+2/p-2. The first kappa shape index (κ1) is 29.5. The summed E-state index contributed by atoms with van der Waals surface area (Å²) in [6, 6.07) is 16.1. The van der Waals surface area contributed by atoms with E-state index in [4.69, 9.17) is 0 Å². The number of halogens is 2. The van der Waals surface area contributed by atoms with E-state index in [0.29, 0.717) is 0 Å². The van der Waals surface area contributed by atoms with Crippen LogP contribution in [0.5, 0.6) is 0 Å². The van der Waals surface area contributed by atoms with Crippen LogP contribution in [0.2, 0.25) is 0 Å². The first-order chi connectivity index (χ1) is 14.1. The molecule has 0 N–H and O–H groups in total. The van der Waals surface area contributed by atoms with E-state index in [2.05, 4.69) is 96.2 Å². The van der Waals surface area contributed by atoms with E-state index < -0.39 is 0 Å². The molecule has 5 rings (SSSR count). The molecule has 3 heteroatoms. The van der Waals surface area contributed by atoms with Crippen LogP contribution in [0.1, 0.15) is 71.9 Å². The molecule has 0 amide bonds. The predicted molar refractivity (Wildman–Crippen MR) is 130 cm³/mol. The fraction of sp³-hybridized carbons (Fsp3) is 0.379. The third kappa shape index (κ3) is 8.37. The molecule has 32 heavy (non-hydrogen) atoms. The summed E-state index contributed by atoms with van der Waals surface area (Å²) in [5.41, 5.74) is 3.20. The van der Waals surface area contributed by atoms with Crippen LogP contribution in [0, 0.1) is 6.08 Å². The zero-order valence-electron chi connectivity index (χ0n) is 20.2. The van der Waals surface area contributed by atoms with Gasteiger partial charge in [-0.2, -0.15) is 6.08 Å². The predicted octanol–water partition coefficient (Wildman–Crippen LogP) is 2.12. The number of benzene rings is 2. The third-order valence-electron chi connectivity index (χ3n) is 5.53. The molecule has 3 aromatic carbocycles. The van der Waals surface area contributed by atoms with E-state index >= 15 is 0 Å². The van der Waals surface area contributed by atoms with Gasteiger partial charge in [0.05, 0.1) is 0 Å². The second-order valence-corrected chi connectivity index (χ2v) is 12.1. The summed E-state index contributed by atoms with van der Waals surface area (Å²) in [5.74, 6) is 0. The molecule has 1 fully saturated rings. The molecule has 0 unspecified atom stereocenters. The van der Waals surface area contributed by atoms with Gasteiger partial charge in [-0.25, -0.2) is 12.2 Å². The maximum absolute atomic E-state index is 2.99. The Balaban J connectivity index is 0.000000387. The fourth-order valence-corrected chi connectivity index (χ4v) is 3.64. The molecule has 0 atom stereocenters. The van der Waals surface area contributed by atoms with Crippen LogP contribution in [-0.2, 0) is 35.1 Å². The van der Waals surface area contributed by atoms with E-state index in [1.807, 2.05) is 12.2 Å². The van der Waals surface area contributed by atoms with Crippen LogP contribution >= 0.6 is 0 Å². The number of hydrogen-bond donors (Lipinski definition) is 0. The van der Waals surface area contributed by atoms with Gasteiger partial charge in [0.15, 0.2) is 0 Å². The summed E-state index contributed by atoms with van der Waals surface area (Å²) >= 11 is 1.66. The van der Waals surface area contributed by atoms with Crippen molar-refractivity contribution in [1.82, 2.24) is 0 Å². The van der Waals surface area contributed by atoms with Gasteiger partial charge in [0, 0.05) is 0 Å². The molecule has 0 bridgehead atoms. The summed E-state index contributed by atoms with van der Waals surface area (Å²) in [7, 11) is 0. The van der Waals surface area contributed by atoms with Crippen LogP contribution in [0.4, 0.5) is 0 Å².